The molecule has 0 spiro atoms. The van der Waals surface area contributed by atoms with Gasteiger partial charge in [0.2, 0.25) is 0 Å². The zero-order valence-electron chi connectivity index (χ0n) is 15.6. The maximum atomic E-state index is 11.9. The summed E-state index contributed by atoms with van der Waals surface area (Å²) in [6.07, 6.45) is 0. The predicted molar refractivity (Wildman–Crippen MR) is 102 cm³/mol. The van der Waals surface area contributed by atoms with Crippen LogP contribution in [-0.2, 0) is 16.1 Å². The first-order chi connectivity index (χ1) is 12.2. The van der Waals surface area contributed by atoms with E-state index in [1.165, 1.54) is 22.5 Å². The van der Waals surface area contributed by atoms with Crippen LogP contribution in [-0.4, -0.2) is 16.1 Å². The summed E-state index contributed by atoms with van der Waals surface area (Å²) in [5, 5.41) is 6.76. The number of rotatable bonds is 4. The van der Waals surface area contributed by atoms with E-state index in [1.807, 2.05) is 38.3 Å². The van der Waals surface area contributed by atoms with Crippen molar-refractivity contribution in [2.75, 3.05) is 0 Å². The molecule has 0 aliphatic carbocycles. The minimum atomic E-state index is -0.522. The minimum absolute atomic E-state index is 0.166. The maximum Gasteiger partial charge on any atom is 0.311 e. The van der Waals surface area contributed by atoms with Gasteiger partial charge in [-0.1, -0.05) is 17.3 Å². The number of carbonyl (C=O) groups is 1. The summed E-state index contributed by atoms with van der Waals surface area (Å²) in [4.78, 5) is 16.3. The molecule has 5 nitrogen and oxygen atoms in total. The van der Waals surface area contributed by atoms with Gasteiger partial charge in [0.25, 0.3) is 0 Å². The van der Waals surface area contributed by atoms with Crippen LogP contribution in [0.25, 0.3) is 22.7 Å². The molecule has 0 saturated heterocycles. The van der Waals surface area contributed by atoms with Crippen LogP contribution in [0.4, 0.5) is 0 Å². The molecule has 0 unspecified atom stereocenters. The van der Waals surface area contributed by atoms with Gasteiger partial charge in [-0.25, -0.2) is 4.98 Å². The molecule has 0 radical (unpaired) electrons. The summed E-state index contributed by atoms with van der Waals surface area (Å²) in [5.41, 5.74) is 4.41. The molecule has 0 aliphatic heterocycles. The second-order valence-corrected chi connectivity index (χ2v) is 8.27. The first kappa shape index (κ1) is 18.3. The van der Waals surface area contributed by atoms with Crippen LogP contribution in [0.5, 0.6) is 0 Å². The van der Waals surface area contributed by atoms with E-state index in [4.69, 9.17) is 9.26 Å². The highest BCUT2D eigenvalue weighted by Gasteiger charge is 2.23. The second kappa shape index (κ2) is 7.03. The Hall–Kier alpha value is -2.47. The van der Waals surface area contributed by atoms with E-state index >= 15 is 0 Å². The lowest BCUT2D eigenvalue weighted by Crippen LogP contribution is -2.22. The Morgan fingerprint density at radius 3 is 2.62 bits per heavy atom. The van der Waals surface area contributed by atoms with Crippen LogP contribution in [0.2, 0.25) is 0 Å². The third-order valence-corrected chi connectivity index (χ3v) is 4.88. The highest BCUT2D eigenvalue weighted by molar-refractivity contribution is 7.09. The third-order valence-electron chi connectivity index (χ3n) is 4.06. The molecule has 0 saturated carbocycles. The SMILES string of the molecule is Cc1ccc(-c2cc(-c3csc(COC(=O)C(C)(C)C)n3)on2)cc1C. The van der Waals surface area contributed by atoms with Crippen LogP contribution < -0.4 is 0 Å². The van der Waals surface area contributed by atoms with E-state index in [0.717, 1.165) is 16.3 Å². The highest BCUT2D eigenvalue weighted by atomic mass is 32.1. The number of aromatic nitrogens is 2. The molecule has 0 amide bonds. The molecule has 6 heteroatoms. The molecule has 26 heavy (non-hydrogen) atoms. The molecule has 1 aromatic carbocycles. The van der Waals surface area contributed by atoms with E-state index < -0.39 is 5.41 Å². The van der Waals surface area contributed by atoms with Crippen molar-refractivity contribution >= 4 is 17.3 Å². The van der Waals surface area contributed by atoms with Gasteiger partial charge in [-0.3, -0.25) is 4.79 Å². The predicted octanol–water partition coefficient (Wildman–Crippen LogP) is 5.17. The number of esters is 1. The summed E-state index contributed by atoms with van der Waals surface area (Å²) >= 11 is 1.43. The number of thiazole rings is 1. The number of hydrogen-bond donors (Lipinski definition) is 0. The first-order valence-corrected chi connectivity index (χ1v) is 9.28. The van der Waals surface area contributed by atoms with E-state index in [2.05, 4.69) is 36.1 Å². The van der Waals surface area contributed by atoms with Crippen LogP contribution in [0.3, 0.4) is 0 Å². The van der Waals surface area contributed by atoms with E-state index in [-0.39, 0.29) is 12.6 Å². The van der Waals surface area contributed by atoms with Crippen molar-refractivity contribution in [2.24, 2.45) is 5.41 Å². The van der Waals surface area contributed by atoms with E-state index in [0.29, 0.717) is 11.5 Å². The summed E-state index contributed by atoms with van der Waals surface area (Å²) in [6, 6.07) is 8.07. The summed E-state index contributed by atoms with van der Waals surface area (Å²) in [7, 11) is 0. The van der Waals surface area contributed by atoms with E-state index in [1.54, 1.807) is 0 Å². The molecule has 0 atom stereocenters. The molecule has 3 rings (SSSR count). The maximum absolute atomic E-state index is 11.9. The van der Waals surface area contributed by atoms with Gasteiger partial charge in [0.15, 0.2) is 5.76 Å². The quantitative estimate of drug-likeness (QED) is 0.593. The number of benzene rings is 1. The zero-order chi connectivity index (χ0) is 18.9. The zero-order valence-corrected chi connectivity index (χ0v) is 16.4. The van der Waals surface area contributed by atoms with Crippen LogP contribution in [0.15, 0.2) is 34.2 Å². The van der Waals surface area contributed by atoms with Crippen molar-refractivity contribution in [3.8, 4) is 22.7 Å². The fourth-order valence-corrected chi connectivity index (χ4v) is 2.96. The van der Waals surface area contributed by atoms with Crippen molar-refractivity contribution in [3.63, 3.8) is 0 Å². The monoisotopic (exact) mass is 370 g/mol. The fourth-order valence-electron chi connectivity index (χ4n) is 2.27. The number of nitrogens with zero attached hydrogens (tertiary/aromatic N) is 2. The fraction of sp³-hybridized carbons (Fsp3) is 0.350. The molecule has 0 aliphatic rings. The summed E-state index contributed by atoms with van der Waals surface area (Å²) in [5.74, 6) is 0.355. The lowest BCUT2D eigenvalue weighted by molar-refractivity contribution is -0.154. The molecule has 2 heterocycles. The lowest BCUT2D eigenvalue weighted by atomic mass is 9.97. The average Bonchev–Trinajstić information content (AvgIpc) is 3.23. The number of hydrogen-bond acceptors (Lipinski definition) is 6. The van der Waals surface area contributed by atoms with Gasteiger partial charge >= 0.3 is 5.97 Å². The molecule has 3 aromatic rings. The lowest BCUT2D eigenvalue weighted by Gasteiger charge is -2.15. The standard InChI is InChI=1S/C20H22N2O3S/c1-12-6-7-14(8-13(12)2)15-9-17(25-22-15)16-11-26-18(21-16)10-24-19(23)20(3,4)5/h6-9,11H,10H2,1-5H3. The average molecular weight is 370 g/mol. The van der Waals surface area contributed by atoms with E-state index in [9.17, 15) is 4.79 Å². The minimum Gasteiger partial charge on any atom is -0.458 e. The Bertz CT molecular complexity index is 935. The smallest absolute Gasteiger partial charge is 0.311 e. The summed E-state index contributed by atoms with van der Waals surface area (Å²) in [6.45, 7) is 9.79. The van der Waals surface area contributed by atoms with Gasteiger partial charge in [-0.15, -0.1) is 11.3 Å². The highest BCUT2D eigenvalue weighted by Crippen LogP contribution is 2.28. The van der Waals surface area contributed by atoms with Crippen LogP contribution in [0.1, 0.15) is 36.9 Å². The van der Waals surface area contributed by atoms with Gasteiger partial charge < -0.3 is 9.26 Å². The molecular weight excluding hydrogens is 348 g/mol. The Morgan fingerprint density at radius 1 is 1.15 bits per heavy atom. The normalized spacial score (nSPS) is 11.6. The van der Waals surface area contributed by atoms with Crippen molar-refractivity contribution in [1.29, 1.82) is 0 Å². The topological polar surface area (TPSA) is 65.2 Å². The van der Waals surface area contributed by atoms with Crippen LogP contribution in [0, 0.1) is 19.3 Å². The molecule has 0 fully saturated rings. The molecule has 136 valence electrons. The summed E-state index contributed by atoms with van der Waals surface area (Å²) < 4.78 is 10.8. The molecule has 2 aromatic heterocycles. The Balaban J connectivity index is 1.73. The number of ether oxygens (including phenoxy) is 1. The van der Waals surface area contributed by atoms with Crippen molar-refractivity contribution in [3.05, 3.63) is 45.8 Å². The molecule has 0 N–H and O–H groups in total. The molecule has 0 bridgehead atoms. The number of carbonyl (C=O) groups excluding carboxylic acids is 1. The van der Waals surface area contributed by atoms with Crippen LogP contribution >= 0.6 is 11.3 Å². The first-order valence-electron chi connectivity index (χ1n) is 8.40. The van der Waals surface area contributed by atoms with Gasteiger partial charge in [0.05, 0.1) is 5.41 Å². The second-order valence-electron chi connectivity index (χ2n) is 7.33. The Morgan fingerprint density at radius 2 is 1.92 bits per heavy atom. The number of aryl methyl sites for hydroxylation is 2. The largest absolute Gasteiger partial charge is 0.458 e. The van der Waals surface area contributed by atoms with Gasteiger partial charge in [-0.2, -0.15) is 0 Å². The Labute approximate surface area is 157 Å². The van der Waals surface area contributed by atoms with Crippen molar-refractivity contribution in [1.82, 2.24) is 10.1 Å². The molecular formula is C20H22N2O3S. The van der Waals surface area contributed by atoms with Gasteiger partial charge in [0.1, 0.15) is 23.0 Å². The van der Waals surface area contributed by atoms with Gasteiger partial charge in [0, 0.05) is 17.0 Å². The third kappa shape index (κ3) is 4.02. The van der Waals surface area contributed by atoms with Crippen molar-refractivity contribution < 1.29 is 14.1 Å². The van der Waals surface area contributed by atoms with Crippen molar-refractivity contribution in [2.45, 2.75) is 41.2 Å². The van der Waals surface area contributed by atoms with Gasteiger partial charge in [-0.05, 0) is 51.8 Å². The Kier molecular flexibility index (Phi) is 4.96.